The van der Waals surface area contributed by atoms with Crippen molar-refractivity contribution < 1.29 is 4.74 Å². The van der Waals surface area contributed by atoms with Gasteiger partial charge in [0.15, 0.2) is 0 Å². The third-order valence-electron chi connectivity index (χ3n) is 3.12. The van der Waals surface area contributed by atoms with Crippen molar-refractivity contribution in [3.05, 3.63) is 65.7 Å². The molecule has 2 rings (SSSR count). The second kappa shape index (κ2) is 7.93. The monoisotopic (exact) mass is 291 g/mol. The molecule has 0 radical (unpaired) electrons. The van der Waals surface area contributed by atoms with E-state index < -0.39 is 0 Å². The van der Waals surface area contributed by atoms with Gasteiger partial charge in [0, 0.05) is 12.5 Å². The summed E-state index contributed by atoms with van der Waals surface area (Å²) in [7, 11) is 0. The smallest absolute Gasteiger partial charge is 0.125 e. The fourth-order valence-electron chi connectivity index (χ4n) is 2.10. The van der Waals surface area contributed by atoms with Crippen LogP contribution >= 0.6 is 12.4 Å². The normalized spacial score (nSPS) is 13.2. The summed E-state index contributed by atoms with van der Waals surface area (Å²) in [5, 5.41) is 0. The molecule has 0 aliphatic heterocycles. The van der Waals surface area contributed by atoms with Crippen molar-refractivity contribution in [3.8, 4) is 5.75 Å². The zero-order valence-corrected chi connectivity index (χ0v) is 12.8. The van der Waals surface area contributed by atoms with E-state index in [0.29, 0.717) is 0 Å². The maximum absolute atomic E-state index is 6.16. The molecule has 2 atom stereocenters. The van der Waals surface area contributed by atoms with Crippen molar-refractivity contribution in [2.45, 2.75) is 32.4 Å². The predicted octanol–water partition coefficient (Wildman–Crippen LogP) is 4.27. The lowest BCUT2D eigenvalue weighted by atomic mass is 10.0. The molecular weight excluding hydrogens is 270 g/mol. The second-order valence-corrected chi connectivity index (χ2v) is 5.00. The summed E-state index contributed by atoms with van der Waals surface area (Å²) in [6.45, 7) is 4.07. The van der Waals surface area contributed by atoms with Crippen LogP contribution in [0.15, 0.2) is 54.6 Å². The highest BCUT2D eigenvalue weighted by Gasteiger charge is 2.16. The Hall–Kier alpha value is -1.51. The number of rotatable bonds is 5. The number of hydrogen-bond donors (Lipinski definition) is 1. The van der Waals surface area contributed by atoms with Gasteiger partial charge in [0.1, 0.15) is 11.9 Å². The van der Waals surface area contributed by atoms with E-state index in [4.69, 9.17) is 10.5 Å². The minimum Gasteiger partial charge on any atom is -0.485 e. The van der Waals surface area contributed by atoms with Gasteiger partial charge in [0.05, 0.1) is 0 Å². The molecule has 108 valence electrons. The Labute approximate surface area is 127 Å². The lowest BCUT2D eigenvalue weighted by Crippen LogP contribution is -2.21. The van der Waals surface area contributed by atoms with Gasteiger partial charge in [0.2, 0.25) is 0 Å². The van der Waals surface area contributed by atoms with Gasteiger partial charge in [-0.05, 0) is 31.0 Å². The van der Waals surface area contributed by atoms with Gasteiger partial charge in [-0.3, -0.25) is 0 Å². The van der Waals surface area contributed by atoms with E-state index in [-0.39, 0.29) is 24.6 Å². The third-order valence-corrected chi connectivity index (χ3v) is 3.12. The number of ether oxygens (including phenoxy) is 1. The summed E-state index contributed by atoms with van der Waals surface area (Å²) in [6, 6.07) is 18.4. The lowest BCUT2D eigenvalue weighted by Gasteiger charge is -2.22. The van der Waals surface area contributed by atoms with E-state index in [0.717, 1.165) is 17.7 Å². The fourth-order valence-corrected chi connectivity index (χ4v) is 2.10. The van der Waals surface area contributed by atoms with Crippen LogP contribution in [0.25, 0.3) is 0 Å². The molecule has 0 bridgehead atoms. The van der Waals surface area contributed by atoms with Crippen molar-refractivity contribution >= 4 is 12.4 Å². The first-order valence-corrected chi connectivity index (χ1v) is 6.69. The number of halogens is 1. The molecule has 0 heterocycles. The molecule has 0 spiro atoms. The summed E-state index contributed by atoms with van der Waals surface area (Å²) in [6.07, 6.45) is 0.806. The standard InChI is InChI=1S/C17H21NO.ClH/c1-13-8-6-7-11-16(13)19-17(12-14(2)18)15-9-4-3-5-10-15;/h3-11,14,17H,12,18H2,1-2H3;1H. The van der Waals surface area contributed by atoms with Crippen molar-refractivity contribution in [1.82, 2.24) is 0 Å². The average Bonchev–Trinajstić information content (AvgIpc) is 2.41. The predicted molar refractivity (Wildman–Crippen MR) is 86.5 cm³/mol. The molecule has 0 aliphatic rings. The molecule has 2 nitrogen and oxygen atoms in total. The largest absolute Gasteiger partial charge is 0.485 e. The quantitative estimate of drug-likeness (QED) is 0.892. The first-order valence-electron chi connectivity index (χ1n) is 6.69. The minimum absolute atomic E-state index is 0. The van der Waals surface area contributed by atoms with Gasteiger partial charge >= 0.3 is 0 Å². The van der Waals surface area contributed by atoms with Gasteiger partial charge in [0.25, 0.3) is 0 Å². The summed E-state index contributed by atoms with van der Waals surface area (Å²) >= 11 is 0. The molecule has 2 aromatic carbocycles. The van der Waals surface area contributed by atoms with Crippen LogP contribution in [0, 0.1) is 6.92 Å². The summed E-state index contributed by atoms with van der Waals surface area (Å²) in [4.78, 5) is 0. The van der Waals surface area contributed by atoms with Crippen molar-refractivity contribution in [2.75, 3.05) is 0 Å². The maximum Gasteiger partial charge on any atom is 0.125 e. The van der Waals surface area contributed by atoms with E-state index in [2.05, 4.69) is 25.1 Å². The Kier molecular flexibility index (Phi) is 6.56. The number of para-hydroxylation sites is 1. The molecule has 2 N–H and O–H groups in total. The number of aryl methyl sites for hydroxylation is 1. The number of hydrogen-bond acceptors (Lipinski definition) is 2. The zero-order valence-electron chi connectivity index (χ0n) is 12.0. The SMILES string of the molecule is Cc1ccccc1OC(CC(C)N)c1ccccc1.Cl. The molecule has 0 aromatic heterocycles. The van der Waals surface area contributed by atoms with E-state index in [1.165, 1.54) is 5.56 Å². The molecule has 0 saturated heterocycles. The summed E-state index contributed by atoms with van der Waals surface area (Å²) < 4.78 is 6.16. The van der Waals surface area contributed by atoms with E-state index in [1.54, 1.807) is 0 Å². The van der Waals surface area contributed by atoms with Crippen molar-refractivity contribution in [2.24, 2.45) is 5.73 Å². The van der Waals surface area contributed by atoms with Crippen LogP contribution < -0.4 is 10.5 Å². The van der Waals surface area contributed by atoms with Gasteiger partial charge in [-0.25, -0.2) is 0 Å². The Morgan fingerprint density at radius 1 is 1.00 bits per heavy atom. The Morgan fingerprint density at radius 3 is 2.20 bits per heavy atom. The molecule has 2 unspecified atom stereocenters. The van der Waals surface area contributed by atoms with Crippen molar-refractivity contribution in [3.63, 3.8) is 0 Å². The van der Waals surface area contributed by atoms with Crippen LogP contribution in [-0.2, 0) is 0 Å². The van der Waals surface area contributed by atoms with E-state index >= 15 is 0 Å². The second-order valence-electron chi connectivity index (χ2n) is 5.00. The number of nitrogens with two attached hydrogens (primary N) is 1. The van der Waals surface area contributed by atoms with Crippen LogP contribution in [0.1, 0.15) is 30.6 Å². The van der Waals surface area contributed by atoms with E-state index in [1.807, 2.05) is 43.3 Å². The van der Waals surface area contributed by atoms with Crippen LogP contribution in [0.5, 0.6) is 5.75 Å². The van der Waals surface area contributed by atoms with Gasteiger partial charge in [-0.2, -0.15) is 0 Å². The summed E-state index contributed by atoms with van der Waals surface area (Å²) in [5.41, 5.74) is 8.26. The van der Waals surface area contributed by atoms with Gasteiger partial charge < -0.3 is 10.5 Å². The topological polar surface area (TPSA) is 35.2 Å². The van der Waals surface area contributed by atoms with Gasteiger partial charge in [-0.15, -0.1) is 12.4 Å². The van der Waals surface area contributed by atoms with Crippen LogP contribution in [-0.4, -0.2) is 6.04 Å². The highest BCUT2D eigenvalue weighted by Crippen LogP contribution is 2.27. The van der Waals surface area contributed by atoms with Crippen LogP contribution in [0.4, 0.5) is 0 Å². The third kappa shape index (κ3) is 4.55. The average molecular weight is 292 g/mol. The van der Waals surface area contributed by atoms with Gasteiger partial charge in [-0.1, -0.05) is 48.5 Å². The Bertz CT molecular complexity index is 513. The van der Waals surface area contributed by atoms with Crippen LogP contribution in [0.3, 0.4) is 0 Å². The summed E-state index contributed by atoms with van der Waals surface area (Å²) in [5.74, 6) is 0.928. The minimum atomic E-state index is 0. The molecular formula is C17H22ClNO. The fraction of sp³-hybridized carbons (Fsp3) is 0.294. The highest BCUT2D eigenvalue weighted by atomic mass is 35.5. The molecule has 0 aliphatic carbocycles. The van der Waals surface area contributed by atoms with E-state index in [9.17, 15) is 0 Å². The molecule has 0 fully saturated rings. The maximum atomic E-state index is 6.16. The number of benzene rings is 2. The Morgan fingerprint density at radius 2 is 1.60 bits per heavy atom. The van der Waals surface area contributed by atoms with Crippen molar-refractivity contribution in [1.29, 1.82) is 0 Å². The molecule has 20 heavy (non-hydrogen) atoms. The van der Waals surface area contributed by atoms with Crippen LogP contribution in [0.2, 0.25) is 0 Å². The first-order chi connectivity index (χ1) is 9.16. The molecule has 2 aromatic rings. The molecule has 3 heteroatoms. The molecule has 0 saturated carbocycles. The zero-order chi connectivity index (χ0) is 13.7. The lowest BCUT2D eigenvalue weighted by molar-refractivity contribution is 0.186. The Balaban J connectivity index is 0.00000200. The highest BCUT2D eigenvalue weighted by molar-refractivity contribution is 5.85. The first kappa shape index (κ1) is 16.5. The molecule has 0 amide bonds.